The molecule has 0 saturated carbocycles. The van der Waals surface area contributed by atoms with Crippen molar-refractivity contribution in [2.45, 2.75) is 32.4 Å². The highest BCUT2D eigenvalue weighted by Gasteiger charge is 2.21. The summed E-state index contributed by atoms with van der Waals surface area (Å²) in [6.45, 7) is 6.09. The Morgan fingerprint density at radius 1 is 1.11 bits per heavy atom. The van der Waals surface area contributed by atoms with Crippen LogP contribution in [0.3, 0.4) is 0 Å². The Balaban J connectivity index is 1.35. The Labute approximate surface area is 168 Å². The number of hydrogen-bond acceptors (Lipinski definition) is 3. The van der Waals surface area contributed by atoms with Gasteiger partial charge in [0.25, 0.3) is 0 Å². The van der Waals surface area contributed by atoms with Crippen LogP contribution in [0.4, 0.5) is 4.79 Å². The quantitative estimate of drug-likeness (QED) is 0.796. The molecule has 0 unspecified atom stereocenters. The molecular weight excluding hydrogens is 350 g/mol. The maximum absolute atomic E-state index is 12.4. The molecule has 3 rings (SSSR count). The van der Waals surface area contributed by atoms with E-state index >= 15 is 0 Å². The molecule has 1 aliphatic heterocycles. The largest absolute Gasteiger partial charge is 0.491 e. The van der Waals surface area contributed by atoms with Crippen molar-refractivity contribution in [2.24, 2.45) is 0 Å². The van der Waals surface area contributed by atoms with Crippen molar-refractivity contribution in [3.63, 3.8) is 0 Å². The van der Waals surface area contributed by atoms with Crippen LogP contribution in [0.1, 0.15) is 24.0 Å². The van der Waals surface area contributed by atoms with Gasteiger partial charge in [-0.3, -0.25) is 4.90 Å². The number of hydrogen-bond donors (Lipinski definition) is 1. The number of likely N-dealkylation sites (tertiary alicyclic amines) is 1. The zero-order valence-corrected chi connectivity index (χ0v) is 16.9. The fourth-order valence-corrected chi connectivity index (χ4v) is 3.47. The van der Waals surface area contributed by atoms with Gasteiger partial charge in [-0.25, -0.2) is 4.79 Å². The molecule has 1 heterocycles. The second kappa shape index (κ2) is 10.1. The fourth-order valence-electron chi connectivity index (χ4n) is 3.47. The highest BCUT2D eigenvalue weighted by atomic mass is 16.5. The molecule has 1 aliphatic rings. The first kappa shape index (κ1) is 20.2. The first-order valence-corrected chi connectivity index (χ1v) is 10.1. The third kappa shape index (κ3) is 5.99. The summed E-state index contributed by atoms with van der Waals surface area (Å²) in [6.07, 6.45) is 1.98. The van der Waals surface area contributed by atoms with Gasteiger partial charge in [-0.15, -0.1) is 0 Å². The van der Waals surface area contributed by atoms with Crippen LogP contribution in [0.15, 0.2) is 54.6 Å². The van der Waals surface area contributed by atoms with Gasteiger partial charge in [-0.2, -0.15) is 0 Å². The van der Waals surface area contributed by atoms with E-state index in [2.05, 4.69) is 34.5 Å². The lowest BCUT2D eigenvalue weighted by Gasteiger charge is -2.33. The summed E-state index contributed by atoms with van der Waals surface area (Å²) >= 11 is 0. The first-order valence-electron chi connectivity index (χ1n) is 10.1. The summed E-state index contributed by atoms with van der Waals surface area (Å²) in [5, 5.41) is 3.17. The first-order chi connectivity index (χ1) is 13.6. The van der Waals surface area contributed by atoms with E-state index in [1.54, 1.807) is 4.90 Å². The van der Waals surface area contributed by atoms with E-state index in [0.717, 1.165) is 43.8 Å². The molecule has 150 valence electrons. The van der Waals surface area contributed by atoms with E-state index in [-0.39, 0.29) is 12.1 Å². The molecule has 0 spiro atoms. The van der Waals surface area contributed by atoms with Gasteiger partial charge in [-0.05, 0) is 37.0 Å². The Morgan fingerprint density at radius 3 is 2.50 bits per heavy atom. The number of amides is 2. The second-order valence-electron chi connectivity index (χ2n) is 7.52. The number of benzene rings is 2. The third-order valence-electron chi connectivity index (χ3n) is 5.29. The number of nitrogens with one attached hydrogen (secondary N) is 1. The minimum Gasteiger partial charge on any atom is -0.491 e. The summed E-state index contributed by atoms with van der Waals surface area (Å²) in [5.41, 5.74) is 2.45. The van der Waals surface area contributed by atoms with Gasteiger partial charge in [-0.1, -0.05) is 48.5 Å². The number of para-hydroxylation sites is 1. The molecule has 1 N–H and O–H groups in total. The molecule has 0 aliphatic carbocycles. The lowest BCUT2D eigenvalue weighted by Crippen LogP contribution is -2.48. The number of urea groups is 1. The van der Waals surface area contributed by atoms with Crippen molar-refractivity contribution in [3.05, 3.63) is 65.7 Å². The monoisotopic (exact) mass is 381 g/mol. The van der Waals surface area contributed by atoms with Crippen LogP contribution >= 0.6 is 0 Å². The van der Waals surface area contributed by atoms with Crippen LogP contribution in [0.25, 0.3) is 0 Å². The van der Waals surface area contributed by atoms with Crippen LogP contribution in [0.2, 0.25) is 0 Å². The van der Waals surface area contributed by atoms with Crippen LogP contribution in [0, 0.1) is 6.92 Å². The average molecular weight is 382 g/mol. The minimum atomic E-state index is -0.0186. The topological polar surface area (TPSA) is 44.8 Å². The molecule has 5 heteroatoms. The van der Waals surface area contributed by atoms with Gasteiger partial charge < -0.3 is 15.0 Å². The molecule has 0 radical (unpaired) electrons. The molecular formula is C23H31N3O2. The number of carbonyl (C=O) groups excluding carboxylic acids is 1. The number of aryl methyl sites for hydroxylation is 1. The zero-order valence-electron chi connectivity index (χ0n) is 16.9. The molecule has 2 aromatic carbocycles. The highest BCUT2D eigenvalue weighted by molar-refractivity contribution is 5.74. The fraction of sp³-hybridized carbons (Fsp3) is 0.435. The van der Waals surface area contributed by atoms with Crippen LogP contribution in [-0.2, 0) is 6.54 Å². The van der Waals surface area contributed by atoms with Crippen molar-refractivity contribution in [1.29, 1.82) is 0 Å². The van der Waals surface area contributed by atoms with Crippen LogP contribution in [-0.4, -0.2) is 55.2 Å². The molecule has 0 atom stereocenters. The summed E-state index contributed by atoms with van der Waals surface area (Å²) in [6, 6.07) is 18.7. The van der Waals surface area contributed by atoms with Crippen molar-refractivity contribution >= 4 is 6.03 Å². The van der Waals surface area contributed by atoms with Gasteiger partial charge in [0.15, 0.2) is 0 Å². The minimum absolute atomic E-state index is 0.0186. The lowest BCUT2D eigenvalue weighted by molar-refractivity contribution is 0.169. The number of ether oxygens (including phenoxy) is 1. The van der Waals surface area contributed by atoms with Gasteiger partial charge >= 0.3 is 6.03 Å². The predicted octanol–water partition coefficient (Wildman–Crippen LogP) is 3.68. The maximum Gasteiger partial charge on any atom is 0.317 e. The summed E-state index contributed by atoms with van der Waals surface area (Å²) in [4.78, 5) is 16.6. The van der Waals surface area contributed by atoms with Crippen LogP contribution in [0.5, 0.6) is 5.75 Å². The van der Waals surface area contributed by atoms with Crippen molar-refractivity contribution in [1.82, 2.24) is 15.1 Å². The highest BCUT2D eigenvalue weighted by Crippen LogP contribution is 2.16. The Hall–Kier alpha value is -2.53. The van der Waals surface area contributed by atoms with Gasteiger partial charge in [0.2, 0.25) is 0 Å². The van der Waals surface area contributed by atoms with Crippen molar-refractivity contribution in [3.8, 4) is 5.75 Å². The molecule has 0 bridgehead atoms. The molecule has 28 heavy (non-hydrogen) atoms. The summed E-state index contributed by atoms with van der Waals surface area (Å²) in [5.74, 6) is 0.877. The molecule has 1 fully saturated rings. The van der Waals surface area contributed by atoms with E-state index in [4.69, 9.17) is 4.74 Å². The molecule has 5 nitrogen and oxygen atoms in total. The number of carbonyl (C=O) groups is 1. The number of rotatable bonds is 7. The van der Waals surface area contributed by atoms with E-state index in [1.165, 1.54) is 5.56 Å². The average Bonchev–Trinajstić information content (AvgIpc) is 2.71. The number of nitrogens with zero attached hydrogens (tertiary/aromatic N) is 2. The summed E-state index contributed by atoms with van der Waals surface area (Å²) < 4.78 is 5.79. The maximum atomic E-state index is 12.4. The molecule has 2 amide bonds. The Kier molecular flexibility index (Phi) is 7.31. The third-order valence-corrected chi connectivity index (χ3v) is 5.29. The van der Waals surface area contributed by atoms with E-state index in [0.29, 0.717) is 13.2 Å². The van der Waals surface area contributed by atoms with Crippen molar-refractivity contribution in [2.75, 3.05) is 33.3 Å². The van der Waals surface area contributed by atoms with Gasteiger partial charge in [0.1, 0.15) is 12.4 Å². The predicted molar refractivity (Wildman–Crippen MR) is 113 cm³/mol. The molecule has 0 aromatic heterocycles. The van der Waals surface area contributed by atoms with Gasteiger partial charge in [0, 0.05) is 32.7 Å². The smallest absolute Gasteiger partial charge is 0.317 e. The standard InChI is InChI=1S/C23H31N3O2/c1-19-8-6-7-11-22(19)28-17-16-25(2)23(27)24-21-12-14-26(15-13-21)18-20-9-4-3-5-10-20/h3-11,21H,12-18H2,1-2H3,(H,24,27). The molecule has 1 saturated heterocycles. The number of likely N-dealkylation sites (N-methyl/N-ethyl adjacent to an activating group) is 1. The Morgan fingerprint density at radius 2 is 1.79 bits per heavy atom. The zero-order chi connectivity index (χ0) is 19.8. The van der Waals surface area contributed by atoms with E-state index < -0.39 is 0 Å². The van der Waals surface area contributed by atoms with Gasteiger partial charge in [0.05, 0.1) is 6.54 Å². The van der Waals surface area contributed by atoms with E-state index in [9.17, 15) is 4.79 Å². The Bertz CT molecular complexity index is 743. The van der Waals surface area contributed by atoms with E-state index in [1.807, 2.05) is 44.3 Å². The molecule has 2 aromatic rings. The van der Waals surface area contributed by atoms with Crippen molar-refractivity contribution < 1.29 is 9.53 Å². The lowest BCUT2D eigenvalue weighted by atomic mass is 10.0. The normalized spacial score (nSPS) is 15.2. The number of piperidine rings is 1. The second-order valence-corrected chi connectivity index (χ2v) is 7.52. The SMILES string of the molecule is Cc1ccccc1OCCN(C)C(=O)NC1CCN(Cc2ccccc2)CC1. The summed E-state index contributed by atoms with van der Waals surface area (Å²) in [7, 11) is 1.82. The van der Waals surface area contributed by atoms with Crippen LogP contribution < -0.4 is 10.1 Å².